The third-order valence-electron chi connectivity index (χ3n) is 6.83. The van der Waals surface area contributed by atoms with Gasteiger partial charge < -0.3 is 14.7 Å². The van der Waals surface area contributed by atoms with Crippen molar-refractivity contribution in [3.8, 4) is 5.75 Å². The van der Waals surface area contributed by atoms with E-state index in [0.29, 0.717) is 36.1 Å². The SMILES string of the molecule is CCC[C@H]1N(C(=O)c2cccnc2C(=O)c2cnccc2C(F)(F)F)CCC[C@@]1(Oc1csc(C(F)(F)F)c1)C(=O)O. The molecular formula is C27H23F6N3O5S. The van der Waals surface area contributed by atoms with Crippen LogP contribution in [0.4, 0.5) is 26.3 Å². The first-order valence-electron chi connectivity index (χ1n) is 12.6. The van der Waals surface area contributed by atoms with Crippen molar-refractivity contribution in [3.63, 3.8) is 0 Å². The van der Waals surface area contributed by atoms with E-state index in [2.05, 4.69) is 9.97 Å². The van der Waals surface area contributed by atoms with Gasteiger partial charge in [-0.1, -0.05) is 13.3 Å². The minimum absolute atomic E-state index is 0.0114. The minimum atomic E-state index is -4.90. The van der Waals surface area contributed by atoms with Gasteiger partial charge in [-0.15, -0.1) is 11.3 Å². The smallest absolute Gasteiger partial charge is 0.425 e. The van der Waals surface area contributed by atoms with Crippen LogP contribution in [0.3, 0.4) is 0 Å². The standard InChI is InChI=1S/C27H23F6N3O5S/c1-2-5-19-25(24(39)40,41-15-12-20(42-14-15)27(31,32)33)8-4-11-36(19)23(38)16-6-3-9-35-21(16)22(37)17-13-34-10-7-18(17)26(28,29)30/h3,6-7,9-10,12-14,19H,2,4-5,8,11H2,1H3,(H,39,40)/t19-,25+/m1/s1. The quantitative estimate of drug-likeness (QED) is 0.240. The highest BCUT2D eigenvalue weighted by atomic mass is 32.1. The second-order valence-electron chi connectivity index (χ2n) is 9.50. The molecule has 0 aromatic carbocycles. The van der Waals surface area contributed by atoms with Crippen LogP contribution in [0.25, 0.3) is 0 Å². The Morgan fingerprint density at radius 2 is 1.86 bits per heavy atom. The number of alkyl halides is 6. The predicted octanol–water partition coefficient (Wildman–Crippen LogP) is 6.11. The topological polar surface area (TPSA) is 110 Å². The number of nitrogens with zero attached hydrogens (tertiary/aromatic N) is 3. The molecule has 0 unspecified atom stereocenters. The van der Waals surface area contributed by atoms with E-state index in [1.54, 1.807) is 6.92 Å². The summed E-state index contributed by atoms with van der Waals surface area (Å²) in [5, 5.41) is 11.3. The number of thiophene rings is 1. The zero-order valence-electron chi connectivity index (χ0n) is 21.8. The number of carboxylic acid groups (broad SMARTS) is 1. The highest BCUT2D eigenvalue weighted by Gasteiger charge is 2.54. The van der Waals surface area contributed by atoms with Gasteiger partial charge in [0.1, 0.15) is 16.3 Å². The van der Waals surface area contributed by atoms with Crippen LogP contribution in [0.5, 0.6) is 5.75 Å². The average Bonchev–Trinajstić information content (AvgIpc) is 3.42. The normalized spacial score (nSPS) is 19.4. The second kappa shape index (κ2) is 11.7. The third kappa shape index (κ3) is 5.96. The summed E-state index contributed by atoms with van der Waals surface area (Å²) < 4.78 is 86.2. The number of ether oxygens (including phenoxy) is 1. The maximum absolute atomic E-state index is 13.9. The molecule has 0 bridgehead atoms. The number of likely N-dealkylation sites (tertiary alicyclic amines) is 1. The van der Waals surface area contributed by atoms with Gasteiger partial charge in [-0.05, 0) is 31.0 Å². The first-order valence-corrected chi connectivity index (χ1v) is 13.5. The molecule has 1 fully saturated rings. The first-order chi connectivity index (χ1) is 19.7. The van der Waals surface area contributed by atoms with Crippen LogP contribution in [-0.2, 0) is 17.1 Å². The lowest BCUT2D eigenvalue weighted by Crippen LogP contribution is -2.65. The number of pyridine rings is 2. The second-order valence-corrected chi connectivity index (χ2v) is 10.4. The molecule has 1 aliphatic heterocycles. The van der Waals surface area contributed by atoms with Crippen LogP contribution in [-0.4, -0.2) is 55.8 Å². The number of aromatic nitrogens is 2. The van der Waals surface area contributed by atoms with Crippen LogP contribution in [0.2, 0.25) is 0 Å². The molecule has 2 atom stereocenters. The molecule has 3 aromatic heterocycles. The maximum Gasteiger partial charge on any atom is 0.425 e. The van der Waals surface area contributed by atoms with Crippen molar-refractivity contribution in [2.24, 2.45) is 0 Å². The summed E-state index contributed by atoms with van der Waals surface area (Å²) in [5.74, 6) is -3.95. The van der Waals surface area contributed by atoms with Gasteiger partial charge in [-0.25, -0.2) is 4.79 Å². The predicted molar refractivity (Wildman–Crippen MR) is 136 cm³/mol. The van der Waals surface area contributed by atoms with Crippen molar-refractivity contribution in [2.75, 3.05) is 6.54 Å². The fourth-order valence-corrected chi connectivity index (χ4v) is 5.68. The van der Waals surface area contributed by atoms with Gasteiger partial charge in [0.2, 0.25) is 11.4 Å². The summed E-state index contributed by atoms with van der Waals surface area (Å²) in [7, 11) is 0. The fraction of sp³-hybridized carbons (Fsp3) is 0.370. The van der Waals surface area contributed by atoms with Crippen molar-refractivity contribution >= 4 is 29.0 Å². The lowest BCUT2D eigenvalue weighted by atomic mass is 9.81. The molecule has 0 saturated carbocycles. The number of halogens is 6. The Bertz CT molecular complexity index is 1490. The molecule has 8 nitrogen and oxygen atoms in total. The molecule has 3 aromatic rings. The van der Waals surface area contributed by atoms with E-state index < -0.39 is 63.4 Å². The molecule has 224 valence electrons. The zero-order chi connectivity index (χ0) is 30.9. The van der Waals surface area contributed by atoms with Gasteiger partial charge in [0, 0.05) is 43.0 Å². The number of piperidine rings is 1. The van der Waals surface area contributed by atoms with Crippen molar-refractivity contribution in [3.05, 3.63) is 75.5 Å². The summed E-state index contributed by atoms with van der Waals surface area (Å²) in [5.41, 5.74) is -5.23. The van der Waals surface area contributed by atoms with Gasteiger partial charge in [-0.2, -0.15) is 26.3 Å². The lowest BCUT2D eigenvalue weighted by Gasteiger charge is -2.47. The lowest BCUT2D eigenvalue weighted by molar-refractivity contribution is -0.166. The number of amides is 1. The summed E-state index contributed by atoms with van der Waals surface area (Å²) in [6.07, 6.45) is -6.56. The monoisotopic (exact) mass is 615 g/mol. The molecule has 4 rings (SSSR count). The van der Waals surface area contributed by atoms with Crippen molar-refractivity contribution in [1.29, 1.82) is 0 Å². The van der Waals surface area contributed by atoms with Crippen LogP contribution >= 0.6 is 11.3 Å². The highest BCUT2D eigenvalue weighted by molar-refractivity contribution is 7.10. The largest absolute Gasteiger partial charge is 0.478 e. The average molecular weight is 616 g/mol. The summed E-state index contributed by atoms with van der Waals surface area (Å²) in [6, 6.07) is 2.57. The van der Waals surface area contributed by atoms with E-state index in [1.165, 1.54) is 12.1 Å². The first kappa shape index (κ1) is 30.9. The molecule has 0 radical (unpaired) electrons. The number of carbonyl (C=O) groups is 3. The fourth-order valence-electron chi connectivity index (χ4n) is 5.00. The third-order valence-corrected chi connectivity index (χ3v) is 7.78. The number of carboxylic acids is 1. The molecule has 15 heteroatoms. The summed E-state index contributed by atoms with van der Waals surface area (Å²) in [4.78, 5) is 47.6. The van der Waals surface area contributed by atoms with Gasteiger partial charge in [0.25, 0.3) is 5.91 Å². The van der Waals surface area contributed by atoms with Crippen LogP contribution in [0, 0.1) is 0 Å². The summed E-state index contributed by atoms with van der Waals surface area (Å²) >= 11 is 0.325. The number of hydrogen-bond acceptors (Lipinski definition) is 7. The van der Waals surface area contributed by atoms with E-state index >= 15 is 0 Å². The number of ketones is 1. The minimum Gasteiger partial charge on any atom is -0.478 e. The Kier molecular flexibility index (Phi) is 8.62. The van der Waals surface area contributed by atoms with Crippen molar-refractivity contribution < 1.29 is 50.6 Å². The van der Waals surface area contributed by atoms with Crippen LogP contribution < -0.4 is 4.74 Å². The van der Waals surface area contributed by atoms with Crippen molar-refractivity contribution in [1.82, 2.24) is 14.9 Å². The Hall–Kier alpha value is -4.01. The number of aliphatic carboxylic acids is 1. The molecule has 1 aliphatic rings. The van der Waals surface area contributed by atoms with Gasteiger partial charge in [-0.3, -0.25) is 19.6 Å². The maximum atomic E-state index is 13.9. The molecule has 1 saturated heterocycles. The number of carbonyl (C=O) groups excluding carboxylic acids is 2. The van der Waals surface area contributed by atoms with Gasteiger partial charge in [0.05, 0.1) is 22.7 Å². The van der Waals surface area contributed by atoms with E-state index in [1.807, 2.05) is 0 Å². The molecular weight excluding hydrogens is 592 g/mol. The Morgan fingerprint density at radius 1 is 1.12 bits per heavy atom. The van der Waals surface area contributed by atoms with Crippen LogP contribution in [0.1, 0.15) is 69.5 Å². The van der Waals surface area contributed by atoms with Gasteiger partial charge >= 0.3 is 18.3 Å². The number of hydrogen-bond donors (Lipinski definition) is 1. The molecule has 0 spiro atoms. The number of rotatable bonds is 8. The van der Waals surface area contributed by atoms with Crippen LogP contribution in [0.15, 0.2) is 48.2 Å². The van der Waals surface area contributed by atoms with Crippen molar-refractivity contribution in [2.45, 2.75) is 56.6 Å². The van der Waals surface area contributed by atoms with E-state index in [-0.39, 0.29) is 37.1 Å². The highest BCUT2D eigenvalue weighted by Crippen LogP contribution is 2.41. The molecule has 1 N–H and O–H groups in total. The molecule has 42 heavy (non-hydrogen) atoms. The molecule has 0 aliphatic carbocycles. The van der Waals surface area contributed by atoms with Gasteiger partial charge in [0.15, 0.2) is 0 Å². The zero-order valence-corrected chi connectivity index (χ0v) is 22.6. The van der Waals surface area contributed by atoms with E-state index in [0.717, 1.165) is 22.7 Å². The van der Waals surface area contributed by atoms with E-state index in [9.17, 15) is 45.8 Å². The molecule has 1 amide bonds. The Balaban J connectivity index is 1.75. The summed E-state index contributed by atoms with van der Waals surface area (Å²) in [6.45, 7) is 1.69. The molecule has 4 heterocycles. The Labute approximate surface area is 239 Å². The Morgan fingerprint density at radius 3 is 2.48 bits per heavy atom. The van der Waals surface area contributed by atoms with E-state index in [4.69, 9.17) is 4.74 Å².